The number of methoxy groups -OCH3 is 1. The van der Waals surface area contributed by atoms with Crippen LogP contribution >= 0.6 is 0 Å². The zero-order chi connectivity index (χ0) is 12.7. The third kappa shape index (κ3) is 5.47. The Morgan fingerprint density at radius 3 is 2.53 bits per heavy atom. The predicted molar refractivity (Wildman–Crippen MR) is 67.1 cm³/mol. The Balaban J connectivity index is 2.36. The third-order valence-electron chi connectivity index (χ3n) is 2.68. The number of nitrogens with one attached hydrogen (secondary N) is 1. The van der Waals surface area contributed by atoms with E-state index in [1.165, 1.54) is 12.7 Å². The fraction of sp³-hybridized carbons (Fsp3) is 0.462. The summed E-state index contributed by atoms with van der Waals surface area (Å²) in [6.07, 6.45) is 0.974. The van der Waals surface area contributed by atoms with Crippen molar-refractivity contribution in [3.8, 4) is 0 Å². The van der Waals surface area contributed by atoms with Crippen LogP contribution in [-0.2, 0) is 16.0 Å². The SMILES string of the molecule is COC(=O)CN[N+](C)(C)CCc1ccccc1. The Hall–Kier alpha value is -1.39. The molecule has 1 N–H and O–H groups in total. The molecule has 0 aliphatic rings. The second kappa shape index (κ2) is 6.37. The molecular weight excluding hydrogens is 216 g/mol. The predicted octanol–water partition coefficient (Wildman–Crippen LogP) is 0.983. The van der Waals surface area contributed by atoms with E-state index >= 15 is 0 Å². The van der Waals surface area contributed by atoms with Crippen LogP contribution in [0.5, 0.6) is 0 Å². The van der Waals surface area contributed by atoms with Crippen LogP contribution in [0.15, 0.2) is 30.3 Å². The number of hydrogen-bond acceptors (Lipinski definition) is 3. The van der Waals surface area contributed by atoms with Crippen LogP contribution in [0, 0.1) is 0 Å². The molecule has 0 aromatic heterocycles. The van der Waals surface area contributed by atoms with Crippen molar-refractivity contribution < 1.29 is 14.1 Å². The van der Waals surface area contributed by atoms with Gasteiger partial charge in [-0.1, -0.05) is 30.3 Å². The molecule has 0 spiro atoms. The summed E-state index contributed by atoms with van der Waals surface area (Å²) in [7, 11) is 5.46. The zero-order valence-corrected chi connectivity index (χ0v) is 10.8. The van der Waals surface area contributed by atoms with E-state index in [9.17, 15) is 4.79 Å². The topological polar surface area (TPSA) is 38.3 Å². The van der Waals surface area contributed by atoms with Gasteiger partial charge in [-0.25, -0.2) is 4.59 Å². The fourth-order valence-corrected chi connectivity index (χ4v) is 1.48. The number of likely N-dealkylation sites (N-methyl/N-ethyl adjacent to an activating group) is 1. The van der Waals surface area contributed by atoms with Gasteiger partial charge in [0.2, 0.25) is 0 Å². The molecule has 0 bridgehead atoms. The molecule has 0 unspecified atom stereocenters. The van der Waals surface area contributed by atoms with E-state index in [1.54, 1.807) is 0 Å². The molecule has 1 rings (SSSR count). The highest BCUT2D eigenvalue weighted by Gasteiger charge is 2.16. The number of esters is 1. The van der Waals surface area contributed by atoms with Crippen LogP contribution in [0.1, 0.15) is 5.56 Å². The van der Waals surface area contributed by atoms with Gasteiger partial charge in [-0.2, -0.15) is 5.43 Å². The van der Waals surface area contributed by atoms with Gasteiger partial charge in [0.15, 0.2) is 0 Å². The van der Waals surface area contributed by atoms with Gasteiger partial charge in [0.05, 0.1) is 27.7 Å². The summed E-state index contributed by atoms with van der Waals surface area (Å²) in [5.74, 6) is -0.240. The number of quaternary nitrogens is 1. The summed E-state index contributed by atoms with van der Waals surface area (Å²) in [6, 6.07) is 10.3. The minimum atomic E-state index is -0.240. The molecule has 94 valence electrons. The lowest BCUT2D eigenvalue weighted by atomic mass is 10.1. The van der Waals surface area contributed by atoms with Crippen molar-refractivity contribution in [2.45, 2.75) is 6.42 Å². The summed E-state index contributed by atoms with van der Waals surface area (Å²) in [4.78, 5) is 11.0. The van der Waals surface area contributed by atoms with Crippen LogP contribution in [0.25, 0.3) is 0 Å². The molecule has 0 heterocycles. The Kier molecular flexibility index (Phi) is 5.12. The van der Waals surface area contributed by atoms with Crippen molar-refractivity contribution in [2.75, 3.05) is 34.3 Å². The lowest BCUT2D eigenvalue weighted by Crippen LogP contribution is -2.54. The Morgan fingerprint density at radius 1 is 1.29 bits per heavy atom. The number of rotatable bonds is 6. The van der Waals surface area contributed by atoms with Gasteiger partial charge in [-0.05, 0) is 5.56 Å². The maximum Gasteiger partial charge on any atom is 0.325 e. The van der Waals surface area contributed by atoms with Crippen molar-refractivity contribution in [3.05, 3.63) is 35.9 Å². The van der Waals surface area contributed by atoms with E-state index in [0.717, 1.165) is 13.0 Å². The molecule has 0 radical (unpaired) electrons. The van der Waals surface area contributed by atoms with Crippen LogP contribution in [0.3, 0.4) is 0 Å². The maximum atomic E-state index is 11.0. The van der Waals surface area contributed by atoms with Crippen molar-refractivity contribution in [2.24, 2.45) is 0 Å². The second-order valence-corrected chi connectivity index (χ2v) is 4.56. The number of ether oxygens (including phenoxy) is 1. The Labute approximate surface area is 103 Å². The summed E-state index contributed by atoms with van der Waals surface area (Å²) >= 11 is 0. The summed E-state index contributed by atoms with van der Waals surface area (Å²) in [5, 5.41) is 0. The third-order valence-corrected chi connectivity index (χ3v) is 2.68. The van der Waals surface area contributed by atoms with Gasteiger partial charge < -0.3 is 4.74 Å². The van der Waals surface area contributed by atoms with Crippen LogP contribution in [0.4, 0.5) is 0 Å². The second-order valence-electron chi connectivity index (χ2n) is 4.56. The number of benzene rings is 1. The van der Waals surface area contributed by atoms with E-state index in [2.05, 4.69) is 22.3 Å². The van der Waals surface area contributed by atoms with Gasteiger partial charge in [-0.3, -0.25) is 4.79 Å². The standard InChI is InChI=1S/C13H21N2O2/c1-15(2,14-11-13(16)17-3)10-9-12-7-5-4-6-8-12/h4-8,14H,9-11H2,1-3H3/q+1. The molecule has 1 aromatic rings. The molecule has 1 aromatic carbocycles. The molecule has 0 aliphatic carbocycles. The lowest BCUT2D eigenvalue weighted by Gasteiger charge is -2.29. The Morgan fingerprint density at radius 2 is 1.94 bits per heavy atom. The highest BCUT2D eigenvalue weighted by atomic mass is 16.5. The normalized spacial score (nSPS) is 11.2. The average molecular weight is 237 g/mol. The molecule has 0 saturated heterocycles. The van der Waals surface area contributed by atoms with Crippen LogP contribution in [0.2, 0.25) is 0 Å². The first kappa shape index (κ1) is 13.7. The largest absolute Gasteiger partial charge is 0.468 e. The molecular formula is C13H21N2O2+. The lowest BCUT2D eigenvalue weighted by molar-refractivity contribution is -0.933. The van der Waals surface area contributed by atoms with E-state index in [4.69, 9.17) is 0 Å². The molecule has 0 amide bonds. The highest BCUT2D eigenvalue weighted by molar-refractivity contribution is 5.71. The first-order chi connectivity index (χ1) is 8.03. The minimum absolute atomic E-state index is 0.234. The van der Waals surface area contributed by atoms with Crippen LogP contribution in [-0.4, -0.2) is 44.9 Å². The summed E-state index contributed by atoms with van der Waals surface area (Å²) < 4.78 is 5.18. The molecule has 0 saturated carbocycles. The summed E-state index contributed by atoms with van der Waals surface area (Å²) in [5.41, 5.74) is 4.45. The summed E-state index contributed by atoms with van der Waals surface area (Å²) in [6.45, 7) is 1.15. The quantitative estimate of drug-likeness (QED) is 0.455. The minimum Gasteiger partial charge on any atom is -0.468 e. The molecule has 0 atom stereocenters. The van der Waals surface area contributed by atoms with E-state index in [0.29, 0.717) is 4.59 Å². The van der Waals surface area contributed by atoms with Crippen LogP contribution < -0.4 is 5.43 Å². The monoisotopic (exact) mass is 237 g/mol. The molecule has 4 heteroatoms. The van der Waals surface area contributed by atoms with Gasteiger partial charge in [0.1, 0.15) is 6.54 Å². The van der Waals surface area contributed by atoms with Crippen molar-refractivity contribution in [1.29, 1.82) is 0 Å². The smallest absolute Gasteiger partial charge is 0.325 e. The highest BCUT2D eigenvalue weighted by Crippen LogP contribution is 2.02. The van der Waals surface area contributed by atoms with E-state index in [1.807, 2.05) is 32.3 Å². The fourth-order valence-electron chi connectivity index (χ4n) is 1.48. The zero-order valence-electron chi connectivity index (χ0n) is 10.8. The number of hydrogen-bond donors (Lipinski definition) is 1. The molecule has 0 aliphatic heterocycles. The van der Waals surface area contributed by atoms with Gasteiger partial charge in [0, 0.05) is 6.42 Å². The van der Waals surface area contributed by atoms with Crippen molar-refractivity contribution >= 4 is 5.97 Å². The first-order valence-corrected chi connectivity index (χ1v) is 5.72. The maximum absolute atomic E-state index is 11.0. The first-order valence-electron chi connectivity index (χ1n) is 5.72. The Bertz CT molecular complexity index is 350. The van der Waals surface area contributed by atoms with Crippen molar-refractivity contribution in [1.82, 2.24) is 5.43 Å². The van der Waals surface area contributed by atoms with E-state index in [-0.39, 0.29) is 12.5 Å². The molecule has 0 fully saturated rings. The van der Waals surface area contributed by atoms with E-state index < -0.39 is 0 Å². The number of carbonyl (C=O) groups is 1. The van der Waals surface area contributed by atoms with Gasteiger partial charge in [-0.15, -0.1) is 0 Å². The van der Waals surface area contributed by atoms with Gasteiger partial charge in [0.25, 0.3) is 0 Å². The number of carbonyl (C=O) groups excluding carboxylic acids is 1. The molecule has 17 heavy (non-hydrogen) atoms. The molecule has 4 nitrogen and oxygen atoms in total. The average Bonchev–Trinajstić information content (AvgIpc) is 2.35. The number of nitrogens with zero attached hydrogens (tertiary/aromatic N) is 1. The van der Waals surface area contributed by atoms with Gasteiger partial charge >= 0.3 is 5.97 Å². The van der Waals surface area contributed by atoms with Crippen molar-refractivity contribution in [3.63, 3.8) is 0 Å².